The molecule has 0 atom stereocenters. The monoisotopic (exact) mass is 210 g/mol. The fourth-order valence-electron chi connectivity index (χ4n) is 0.656. The van der Waals surface area contributed by atoms with Crippen molar-refractivity contribution in [3.63, 3.8) is 0 Å². The number of thioether (sulfide) groups is 1. The lowest BCUT2D eigenvalue weighted by Crippen LogP contribution is -2.08. The molecule has 0 unspecified atom stereocenters. The van der Waals surface area contributed by atoms with Gasteiger partial charge in [-0.25, -0.2) is 0 Å². The Morgan fingerprint density at radius 1 is 1.54 bits per heavy atom. The predicted molar refractivity (Wildman–Crippen MR) is 41.6 cm³/mol. The number of ketones is 1. The summed E-state index contributed by atoms with van der Waals surface area (Å²) in [5, 5.41) is 0. The van der Waals surface area contributed by atoms with Gasteiger partial charge in [0.05, 0.1) is 12.0 Å². The number of carbonyl (C=O) groups is 1. The molecule has 2 nitrogen and oxygen atoms in total. The van der Waals surface area contributed by atoms with Crippen molar-refractivity contribution in [2.45, 2.75) is 5.51 Å². The normalized spacial score (nSPS) is 11.6. The topological polar surface area (TPSA) is 30.2 Å². The van der Waals surface area contributed by atoms with Crippen molar-refractivity contribution >= 4 is 17.5 Å². The summed E-state index contributed by atoms with van der Waals surface area (Å²) in [4.78, 5) is 10.9. The summed E-state index contributed by atoms with van der Waals surface area (Å²) in [6.45, 7) is 0. The van der Waals surface area contributed by atoms with Crippen molar-refractivity contribution in [3.8, 4) is 0 Å². The third-order valence-corrected chi connectivity index (χ3v) is 1.90. The van der Waals surface area contributed by atoms with Gasteiger partial charge in [-0.15, -0.1) is 0 Å². The summed E-state index contributed by atoms with van der Waals surface area (Å²) in [7, 11) is 0. The molecule has 72 valence electrons. The maximum atomic E-state index is 11.6. The number of hydrogen-bond donors (Lipinski definition) is 0. The highest BCUT2D eigenvalue weighted by Gasteiger charge is 2.29. The molecular formula is C7H5F3O2S. The molecule has 0 N–H and O–H groups in total. The zero-order chi connectivity index (χ0) is 9.90. The van der Waals surface area contributed by atoms with Crippen molar-refractivity contribution in [3.05, 3.63) is 24.2 Å². The van der Waals surface area contributed by atoms with Crippen molar-refractivity contribution in [2.24, 2.45) is 0 Å². The molecule has 0 saturated heterocycles. The molecule has 0 radical (unpaired) electrons. The van der Waals surface area contributed by atoms with E-state index < -0.39 is 17.0 Å². The number of rotatable bonds is 3. The zero-order valence-electron chi connectivity index (χ0n) is 6.30. The van der Waals surface area contributed by atoms with E-state index >= 15 is 0 Å². The average Bonchev–Trinajstić information content (AvgIpc) is 2.50. The van der Waals surface area contributed by atoms with Crippen molar-refractivity contribution in [1.29, 1.82) is 0 Å². The Kier molecular flexibility index (Phi) is 3.02. The van der Waals surface area contributed by atoms with Crippen LogP contribution in [0.15, 0.2) is 22.8 Å². The van der Waals surface area contributed by atoms with Gasteiger partial charge in [-0.2, -0.15) is 13.2 Å². The van der Waals surface area contributed by atoms with Crippen LogP contribution < -0.4 is 0 Å². The Hall–Kier alpha value is -0.910. The molecule has 0 amide bonds. The van der Waals surface area contributed by atoms with E-state index in [1.165, 1.54) is 18.4 Å². The van der Waals surface area contributed by atoms with Crippen molar-refractivity contribution in [2.75, 3.05) is 5.75 Å². The van der Waals surface area contributed by atoms with Gasteiger partial charge in [-0.1, -0.05) is 0 Å². The molecule has 0 aliphatic heterocycles. The molecule has 0 saturated carbocycles. The van der Waals surface area contributed by atoms with Crippen LogP contribution in [0.4, 0.5) is 13.2 Å². The van der Waals surface area contributed by atoms with Crippen LogP contribution in [0.1, 0.15) is 10.6 Å². The summed E-state index contributed by atoms with van der Waals surface area (Å²) < 4.78 is 39.5. The third kappa shape index (κ3) is 3.54. The van der Waals surface area contributed by atoms with Crippen molar-refractivity contribution < 1.29 is 22.4 Å². The zero-order valence-corrected chi connectivity index (χ0v) is 7.11. The van der Waals surface area contributed by atoms with Gasteiger partial charge in [0, 0.05) is 0 Å². The first-order valence-corrected chi connectivity index (χ1v) is 4.25. The minimum Gasteiger partial charge on any atom is -0.461 e. The molecule has 13 heavy (non-hydrogen) atoms. The highest BCUT2D eigenvalue weighted by Crippen LogP contribution is 2.30. The van der Waals surface area contributed by atoms with E-state index in [-0.39, 0.29) is 17.5 Å². The smallest absolute Gasteiger partial charge is 0.442 e. The van der Waals surface area contributed by atoms with Crippen LogP contribution in [-0.4, -0.2) is 17.0 Å². The first-order chi connectivity index (χ1) is 5.99. The first-order valence-electron chi connectivity index (χ1n) is 3.26. The van der Waals surface area contributed by atoms with E-state index in [0.29, 0.717) is 0 Å². The summed E-state index contributed by atoms with van der Waals surface area (Å²) >= 11 is -0.370. The van der Waals surface area contributed by atoms with Gasteiger partial charge in [-0.05, 0) is 23.9 Å². The molecule has 1 heterocycles. The van der Waals surface area contributed by atoms with E-state index in [2.05, 4.69) is 4.42 Å². The van der Waals surface area contributed by atoms with Gasteiger partial charge in [0.15, 0.2) is 5.76 Å². The maximum Gasteiger partial charge on any atom is 0.442 e. The maximum absolute atomic E-state index is 11.6. The van der Waals surface area contributed by atoms with Crippen molar-refractivity contribution in [1.82, 2.24) is 0 Å². The minimum absolute atomic E-state index is 0.0447. The molecular weight excluding hydrogens is 205 g/mol. The molecule has 6 heteroatoms. The minimum atomic E-state index is -4.37. The first kappa shape index (κ1) is 10.2. The number of carbonyl (C=O) groups excluding carboxylic acids is 1. The Balaban J connectivity index is 2.44. The number of Topliss-reactive ketones (excluding diaryl/α,β-unsaturated/α-hetero) is 1. The second kappa shape index (κ2) is 3.87. The van der Waals surface area contributed by atoms with Crippen LogP contribution in [0.25, 0.3) is 0 Å². The number of halogens is 3. The molecule has 0 bridgehead atoms. The molecule has 1 aromatic heterocycles. The standard InChI is InChI=1S/C7H5F3O2S/c8-7(9,10)13-4-5(11)6-2-1-3-12-6/h1-3H,4H2. The Bertz CT molecular complexity index is 278. The average molecular weight is 210 g/mol. The van der Waals surface area contributed by atoms with Crippen LogP contribution in [0.3, 0.4) is 0 Å². The Labute approximate surface area is 76.1 Å². The summed E-state index contributed by atoms with van der Waals surface area (Å²) in [5.41, 5.74) is -4.37. The number of hydrogen-bond acceptors (Lipinski definition) is 3. The molecule has 0 aliphatic rings. The van der Waals surface area contributed by atoms with Gasteiger partial charge < -0.3 is 4.42 Å². The third-order valence-electron chi connectivity index (χ3n) is 1.16. The second-order valence-corrected chi connectivity index (χ2v) is 3.18. The SMILES string of the molecule is O=C(CSC(F)(F)F)c1ccco1. The number of furan rings is 1. The lowest BCUT2D eigenvalue weighted by Gasteiger charge is -2.02. The molecule has 1 rings (SSSR count). The van der Waals surface area contributed by atoms with Gasteiger partial charge in [-0.3, -0.25) is 4.79 Å². The Morgan fingerprint density at radius 3 is 2.69 bits per heavy atom. The quantitative estimate of drug-likeness (QED) is 0.718. The molecule has 0 spiro atoms. The molecule has 0 fully saturated rings. The predicted octanol–water partition coefficient (Wildman–Crippen LogP) is 2.72. The van der Waals surface area contributed by atoms with Crippen LogP contribution in [0.2, 0.25) is 0 Å². The van der Waals surface area contributed by atoms with Crippen LogP contribution in [0.5, 0.6) is 0 Å². The fourth-order valence-corrected chi connectivity index (χ4v) is 1.09. The van der Waals surface area contributed by atoms with Crippen LogP contribution >= 0.6 is 11.8 Å². The van der Waals surface area contributed by atoms with Crippen LogP contribution in [0, 0.1) is 0 Å². The lowest BCUT2D eigenvalue weighted by molar-refractivity contribution is -0.0327. The van der Waals surface area contributed by atoms with Gasteiger partial charge in [0.1, 0.15) is 0 Å². The van der Waals surface area contributed by atoms with E-state index in [0.717, 1.165) is 0 Å². The van der Waals surface area contributed by atoms with E-state index in [9.17, 15) is 18.0 Å². The van der Waals surface area contributed by atoms with Gasteiger partial charge >= 0.3 is 5.51 Å². The highest BCUT2D eigenvalue weighted by molar-refractivity contribution is 8.00. The lowest BCUT2D eigenvalue weighted by atomic mass is 10.3. The van der Waals surface area contributed by atoms with Crippen LogP contribution in [-0.2, 0) is 0 Å². The van der Waals surface area contributed by atoms with E-state index in [1.807, 2.05) is 0 Å². The van der Waals surface area contributed by atoms with E-state index in [1.54, 1.807) is 0 Å². The van der Waals surface area contributed by atoms with E-state index in [4.69, 9.17) is 0 Å². The summed E-state index contributed by atoms with van der Waals surface area (Å²) in [5.74, 6) is -1.35. The summed E-state index contributed by atoms with van der Waals surface area (Å²) in [6.07, 6.45) is 1.24. The largest absolute Gasteiger partial charge is 0.461 e. The summed E-state index contributed by atoms with van der Waals surface area (Å²) in [6, 6.07) is 2.78. The molecule has 1 aromatic rings. The highest BCUT2D eigenvalue weighted by atomic mass is 32.2. The second-order valence-electron chi connectivity index (χ2n) is 2.13. The Morgan fingerprint density at radius 2 is 2.23 bits per heavy atom. The van der Waals surface area contributed by atoms with Gasteiger partial charge in [0.2, 0.25) is 5.78 Å². The molecule has 0 aromatic carbocycles. The molecule has 0 aliphatic carbocycles. The number of alkyl halides is 3. The van der Waals surface area contributed by atoms with Gasteiger partial charge in [0.25, 0.3) is 0 Å². The fraction of sp³-hybridized carbons (Fsp3) is 0.286.